The summed E-state index contributed by atoms with van der Waals surface area (Å²) in [6.07, 6.45) is 7.73. The number of carbonyl (C=O) groups is 1. The van der Waals surface area contributed by atoms with E-state index in [1.807, 2.05) is 26.0 Å². The molecule has 1 aliphatic rings. The van der Waals surface area contributed by atoms with Crippen molar-refractivity contribution in [3.63, 3.8) is 0 Å². The number of ether oxygens (including phenoxy) is 1. The normalized spacial score (nSPS) is 17.2. The van der Waals surface area contributed by atoms with Crippen LogP contribution in [0.25, 0.3) is 0 Å². The monoisotopic (exact) mass is 308 g/mol. The van der Waals surface area contributed by atoms with Crippen molar-refractivity contribution in [3.8, 4) is 0 Å². The van der Waals surface area contributed by atoms with Crippen molar-refractivity contribution in [2.24, 2.45) is 0 Å². The molecule has 21 heavy (non-hydrogen) atoms. The lowest BCUT2D eigenvalue weighted by molar-refractivity contribution is -0.151. The van der Waals surface area contributed by atoms with Gasteiger partial charge in [0.1, 0.15) is 5.54 Å². The Bertz CT molecular complexity index is 451. The Hall–Kier alpha value is -1.07. The second-order valence-corrected chi connectivity index (χ2v) is 6.77. The molecule has 1 aromatic rings. The number of pyridine rings is 1. The fourth-order valence-corrected chi connectivity index (χ4v) is 3.09. The van der Waals surface area contributed by atoms with Gasteiger partial charge in [-0.25, -0.2) is 0 Å². The van der Waals surface area contributed by atoms with Gasteiger partial charge in [-0.2, -0.15) is 0 Å². The van der Waals surface area contributed by atoms with Gasteiger partial charge < -0.3 is 4.74 Å². The summed E-state index contributed by atoms with van der Waals surface area (Å²) in [6, 6.07) is 4.52. The predicted molar refractivity (Wildman–Crippen MR) is 85.4 cm³/mol. The highest BCUT2D eigenvalue weighted by Crippen LogP contribution is 2.27. The highest BCUT2D eigenvalue weighted by Gasteiger charge is 2.39. The van der Waals surface area contributed by atoms with Gasteiger partial charge in [0.2, 0.25) is 0 Å². The van der Waals surface area contributed by atoms with E-state index in [2.05, 4.69) is 10.3 Å². The maximum Gasteiger partial charge on any atom is 0.326 e. The summed E-state index contributed by atoms with van der Waals surface area (Å²) >= 11 is 1.80. The standard InChI is InChI=1S/C16H24N2O2S/c1-3-20-15(19)16(2,18-13-5-6-13)9-4-12-21-14-7-10-17-11-8-14/h7-8,10-11,13,18H,3-6,9,12H2,1-2H3. The molecule has 0 bridgehead atoms. The third-order valence-electron chi connectivity index (χ3n) is 3.57. The minimum absolute atomic E-state index is 0.120. The summed E-state index contributed by atoms with van der Waals surface area (Å²) < 4.78 is 5.23. The first kappa shape index (κ1) is 16.3. The average Bonchev–Trinajstić information content (AvgIpc) is 3.29. The highest BCUT2D eigenvalue weighted by atomic mass is 32.2. The summed E-state index contributed by atoms with van der Waals surface area (Å²) in [5.41, 5.74) is -0.546. The number of nitrogens with zero attached hydrogens (tertiary/aromatic N) is 1. The molecular weight excluding hydrogens is 284 g/mol. The van der Waals surface area contributed by atoms with Gasteiger partial charge in [0.25, 0.3) is 0 Å². The van der Waals surface area contributed by atoms with Crippen molar-refractivity contribution in [1.29, 1.82) is 0 Å². The Morgan fingerprint density at radius 2 is 2.19 bits per heavy atom. The first-order valence-corrected chi connectivity index (χ1v) is 8.60. The largest absolute Gasteiger partial charge is 0.465 e. The molecule has 1 heterocycles. The maximum absolute atomic E-state index is 12.2. The zero-order valence-electron chi connectivity index (χ0n) is 12.8. The van der Waals surface area contributed by atoms with Gasteiger partial charge in [-0.1, -0.05) is 0 Å². The molecule has 0 saturated heterocycles. The minimum Gasteiger partial charge on any atom is -0.465 e. The van der Waals surface area contributed by atoms with Crippen LogP contribution in [0.2, 0.25) is 0 Å². The number of thioether (sulfide) groups is 1. The summed E-state index contributed by atoms with van der Waals surface area (Å²) in [5.74, 6) is 0.872. The lowest BCUT2D eigenvalue weighted by atomic mass is 9.96. The van der Waals surface area contributed by atoms with Crippen LogP contribution in [0, 0.1) is 0 Å². The van der Waals surface area contributed by atoms with Crippen molar-refractivity contribution in [2.75, 3.05) is 12.4 Å². The number of nitrogens with one attached hydrogen (secondary N) is 1. The van der Waals surface area contributed by atoms with Crippen molar-refractivity contribution >= 4 is 17.7 Å². The molecule has 1 unspecified atom stereocenters. The van der Waals surface area contributed by atoms with E-state index >= 15 is 0 Å². The lowest BCUT2D eigenvalue weighted by Crippen LogP contribution is -2.51. The molecule has 0 amide bonds. The zero-order chi connectivity index (χ0) is 15.1. The molecular formula is C16H24N2O2S. The molecule has 0 aliphatic heterocycles. The molecule has 0 aromatic carbocycles. The fourth-order valence-electron chi connectivity index (χ4n) is 2.25. The molecule has 5 heteroatoms. The molecule has 2 rings (SSSR count). The van der Waals surface area contributed by atoms with E-state index in [9.17, 15) is 4.79 Å². The molecule has 1 aliphatic carbocycles. The molecule has 1 N–H and O–H groups in total. The Balaban J connectivity index is 1.79. The van der Waals surface area contributed by atoms with Crippen LogP contribution in [-0.4, -0.2) is 34.9 Å². The van der Waals surface area contributed by atoms with Crippen LogP contribution >= 0.6 is 11.8 Å². The van der Waals surface area contributed by atoms with Crippen LogP contribution in [-0.2, 0) is 9.53 Å². The van der Waals surface area contributed by atoms with Gasteiger partial charge in [-0.05, 0) is 57.4 Å². The van der Waals surface area contributed by atoms with Crippen LogP contribution < -0.4 is 5.32 Å². The highest BCUT2D eigenvalue weighted by molar-refractivity contribution is 7.99. The topological polar surface area (TPSA) is 51.2 Å². The van der Waals surface area contributed by atoms with E-state index in [1.54, 1.807) is 24.2 Å². The van der Waals surface area contributed by atoms with Gasteiger partial charge >= 0.3 is 5.97 Å². The van der Waals surface area contributed by atoms with Gasteiger partial charge in [0.05, 0.1) is 6.61 Å². The molecule has 4 nitrogen and oxygen atoms in total. The first-order valence-electron chi connectivity index (χ1n) is 7.62. The Morgan fingerprint density at radius 3 is 2.81 bits per heavy atom. The molecule has 0 spiro atoms. The number of hydrogen-bond donors (Lipinski definition) is 1. The van der Waals surface area contributed by atoms with Crippen molar-refractivity contribution < 1.29 is 9.53 Å². The number of hydrogen-bond acceptors (Lipinski definition) is 5. The summed E-state index contributed by atoms with van der Waals surface area (Å²) in [4.78, 5) is 17.4. The van der Waals surface area contributed by atoms with Crippen LogP contribution in [0.5, 0.6) is 0 Å². The molecule has 0 radical (unpaired) electrons. The Morgan fingerprint density at radius 1 is 1.48 bits per heavy atom. The van der Waals surface area contributed by atoms with Gasteiger partial charge in [0.15, 0.2) is 0 Å². The maximum atomic E-state index is 12.2. The number of esters is 1. The number of rotatable bonds is 9. The summed E-state index contributed by atoms with van der Waals surface area (Å²) in [6.45, 7) is 4.27. The molecule has 1 saturated carbocycles. The van der Waals surface area contributed by atoms with E-state index in [-0.39, 0.29) is 5.97 Å². The quantitative estimate of drug-likeness (QED) is 0.432. The van der Waals surface area contributed by atoms with Crippen molar-refractivity contribution in [1.82, 2.24) is 10.3 Å². The smallest absolute Gasteiger partial charge is 0.326 e. The third-order valence-corrected chi connectivity index (χ3v) is 4.66. The van der Waals surface area contributed by atoms with E-state index in [0.29, 0.717) is 12.6 Å². The second kappa shape index (κ2) is 7.80. The van der Waals surface area contributed by atoms with E-state index in [4.69, 9.17) is 4.74 Å². The van der Waals surface area contributed by atoms with Gasteiger partial charge in [-0.3, -0.25) is 15.1 Å². The molecule has 1 fully saturated rings. The summed E-state index contributed by atoms with van der Waals surface area (Å²) in [7, 11) is 0. The van der Waals surface area contributed by atoms with Crippen LogP contribution in [0.3, 0.4) is 0 Å². The van der Waals surface area contributed by atoms with E-state index in [0.717, 1.165) is 18.6 Å². The lowest BCUT2D eigenvalue weighted by Gasteiger charge is -2.28. The zero-order valence-corrected chi connectivity index (χ0v) is 13.6. The van der Waals surface area contributed by atoms with Crippen LogP contribution in [0.1, 0.15) is 39.5 Å². The van der Waals surface area contributed by atoms with E-state index in [1.165, 1.54) is 17.7 Å². The van der Waals surface area contributed by atoms with Crippen LogP contribution in [0.15, 0.2) is 29.4 Å². The fraction of sp³-hybridized carbons (Fsp3) is 0.625. The predicted octanol–water partition coefficient (Wildman–Crippen LogP) is 3.03. The number of carbonyl (C=O) groups excluding carboxylic acids is 1. The molecule has 1 atom stereocenters. The minimum atomic E-state index is -0.546. The SMILES string of the molecule is CCOC(=O)C(C)(CCCSc1ccncc1)NC1CC1. The Labute approximate surface area is 131 Å². The van der Waals surface area contributed by atoms with Gasteiger partial charge in [-0.15, -0.1) is 11.8 Å². The third kappa shape index (κ3) is 5.32. The van der Waals surface area contributed by atoms with Crippen LogP contribution in [0.4, 0.5) is 0 Å². The summed E-state index contributed by atoms with van der Waals surface area (Å²) in [5, 5.41) is 3.46. The Kier molecular flexibility index (Phi) is 6.06. The second-order valence-electron chi connectivity index (χ2n) is 5.61. The van der Waals surface area contributed by atoms with Crippen molar-refractivity contribution in [3.05, 3.63) is 24.5 Å². The van der Waals surface area contributed by atoms with Gasteiger partial charge in [0, 0.05) is 23.3 Å². The molecule has 116 valence electrons. The van der Waals surface area contributed by atoms with Crippen molar-refractivity contribution in [2.45, 2.75) is 56.0 Å². The van der Waals surface area contributed by atoms with E-state index < -0.39 is 5.54 Å². The molecule has 1 aromatic heterocycles. The average molecular weight is 308 g/mol. The number of aromatic nitrogens is 1. The first-order chi connectivity index (χ1) is 10.1.